The summed E-state index contributed by atoms with van der Waals surface area (Å²) in [4.78, 5) is 23.4. The quantitative estimate of drug-likeness (QED) is 0.813. The van der Waals surface area contributed by atoms with Gasteiger partial charge in [-0.05, 0) is 42.0 Å². The van der Waals surface area contributed by atoms with Crippen LogP contribution in [0.5, 0.6) is 0 Å². The molecule has 0 fully saturated rings. The van der Waals surface area contributed by atoms with Gasteiger partial charge in [0.2, 0.25) is 0 Å². The summed E-state index contributed by atoms with van der Waals surface area (Å²) in [6.07, 6.45) is -4.41. The third-order valence-electron chi connectivity index (χ3n) is 3.19. The highest BCUT2D eigenvalue weighted by Gasteiger charge is 2.29. The molecular weight excluding hydrogens is 359 g/mol. The Balaban J connectivity index is 1.79. The van der Waals surface area contributed by atoms with Crippen molar-refractivity contribution in [2.75, 3.05) is 6.61 Å². The average Bonchev–Trinajstić information content (AvgIpc) is 2.58. The summed E-state index contributed by atoms with van der Waals surface area (Å²) in [5, 5.41) is 2.92. The smallest absolute Gasteiger partial charge is 0.416 e. The summed E-state index contributed by atoms with van der Waals surface area (Å²) in [5.41, 5.74) is -0.0233. The third kappa shape index (κ3) is 5.79. The number of hydrogen-bond acceptors (Lipinski definition) is 3. The van der Waals surface area contributed by atoms with Crippen LogP contribution in [0.3, 0.4) is 0 Å². The predicted octanol–water partition coefficient (Wildman–Crippen LogP) is 3.83. The molecule has 2 aromatic rings. The highest BCUT2D eigenvalue weighted by Crippen LogP contribution is 2.29. The molecule has 0 bridgehead atoms. The van der Waals surface area contributed by atoms with Gasteiger partial charge in [-0.1, -0.05) is 23.7 Å². The zero-order chi connectivity index (χ0) is 18.4. The van der Waals surface area contributed by atoms with E-state index in [4.69, 9.17) is 16.3 Å². The van der Waals surface area contributed by atoms with Gasteiger partial charge in [-0.25, -0.2) is 4.79 Å². The van der Waals surface area contributed by atoms with Crippen molar-refractivity contribution in [3.63, 3.8) is 0 Å². The highest BCUT2D eigenvalue weighted by atomic mass is 35.5. The lowest BCUT2D eigenvalue weighted by molar-refractivity contribution is -0.137. The molecule has 2 rings (SSSR count). The van der Waals surface area contributed by atoms with Crippen LogP contribution in [0, 0.1) is 0 Å². The molecule has 0 saturated carbocycles. The van der Waals surface area contributed by atoms with Crippen molar-refractivity contribution in [1.82, 2.24) is 5.32 Å². The summed E-state index contributed by atoms with van der Waals surface area (Å²) in [6, 6.07) is 10.4. The Hall–Kier alpha value is -2.54. The summed E-state index contributed by atoms with van der Waals surface area (Å²) in [5.74, 6) is -1.25. The SMILES string of the molecule is O=C(COC(=O)c1ccc(Cl)cc1)NCc1ccc(C(F)(F)F)cc1. The van der Waals surface area contributed by atoms with Crippen molar-refractivity contribution in [3.8, 4) is 0 Å². The molecule has 1 amide bonds. The molecule has 25 heavy (non-hydrogen) atoms. The van der Waals surface area contributed by atoms with E-state index in [0.717, 1.165) is 12.1 Å². The van der Waals surface area contributed by atoms with Gasteiger partial charge in [0.05, 0.1) is 11.1 Å². The number of nitrogens with one attached hydrogen (secondary N) is 1. The number of halogens is 4. The normalized spacial score (nSPS) is 11.0. The van der Waals surface area contributed by atoms with Crippen molar-refractivity contribution in [2.45, 2.75) is 12.7 Å². The first-order valence-corrected chi connectivity index (χ1v) is 7.49. The van der Waals surface area contributed by atoms with E-state index in [9.17, 15) is 22.8 Å². The maximum atomic E-state index is 12.4. The molecule has 0 saturated heterocycles. The van der Waals surface area contributed by atoms with Crippen LogP contribution in [0.15, 0.2) is 48.5 Å². The topological polar surface area (TPSA) is 55.4 Å². The van der Waals surface area contributed by atoms with Crippen LogP contribution in [0.2, 0.25) is 5.02 Å². The zero-order valence-corrected chi connectivity index (χ0v) is 13.5. The second-order valence-corrected chi connectivity index (χ2v) is 5.49. The third-order valence-corrected chi connectivity index (χ3v) is 3.44. The average molecular weight is 372 g/mol. The van der Waals surface area contributed by atoms with Gasteiger partial charge in [-0.3, -0.25) is 4.79 Å². The molecule has 0 aliphatic heterocycles. The maximum Gasteiger partial charge on any atom is 0.416 e. The van der Waals surface area contributed by atoms with Crippen LogP contribution < -0.4 is 5.32 Å². The van der Waals surface area contributed by atoms with E-state index in [1.165, 1.54) is 36.4 Å². The standard InChI is InChI=1S/C17H13ClF3NO3/c18-14-7-3-12(4-8-14)16(24)25-10-15(23)22-9-11-1-5-13(6-2-11)17(19,20)21/h1-8H,9-10H2,(H,22,23). The van der Waals surface area contributed by atoms with Gasteiger partial charge in [0.15, 0.2) is 6.61 Å². The molecule has 8 heteroatoms. The molecule has 0 atom stereocenters. The highest BCUT2D eigenvalue weighted by molar-refractivity contribution is 6.30. The molecule has 4 nitrogen and oxygen atoms in total. The number of hydrogen-bond donors (Lipinski definition) is 1. The fourth-order valence-electron chi connectivity index (χ4n) is 1.86. The molecule has 2 aromatic carbocycles. The minimum absolute atomic E-state index is 0.0233. The molecule has 0 heterocycles. The molecule has 1 N–H and O–H groups in total. The van der Waals surface area contributed by atoms with Gasteiger partial charge >= 0.3 is 12.1 Å². The van der Waals surface area contributed by atoms with E-state index in [1.54, 1.807) is 0 Å². The van der Waals surface area contributed by atoms with Crippen molar-refractivity contribution in [3.05, 3.63) is 70.2 Å². The van der Waals surface area contributed by atoms with Crippen molar-refractivity contribution in [1.29, 1.82) is 0 Å². The van der Waals surface area contributed by atoms with Gasteiger partial charge in [0, 0.05) is 11.6 Å². The summed E-state index contributed by atoms with van der Waals surface area (Å²) in [6.45, 7) is -0.475. The first-order chi connectivity index (χ1) is 11.8. The van der Waals surface area contributed by atoms with Gasteiger partial charge < -0.3 is 10.1 Å². The first kappa shape index (κ1) is 18.8. The van der Waals surface area contributed by atoms with E-state index < -0.39 is 30.2 Å². The Morgan fingerprint density at radius 1 is 1.00 bits per heavy atom. The van der Waals surface area contributed by atoms with Crippen LogP contribution in [0.25, 0.3) is 0 Å². The number of esters is 1. The lowest BCUT2D eigenvalue weighted by atomic mass is 10.1. The number of alkyl halides is 3. The summed E-state index contributed by atoms with van der Waals surface area (Å²) >= 11 is 5.70. The van der Waals surface area contributed by atoms with Crippen LogP contribution in [0.4, 0.5) is 13.2 Å². The van der Waals surface area contributed by atoms with Gasteiger partial charge in [0.25, 0.3) is 5.91 Å². The molecular formula is C17H13ClF3NO3. The number of rotatable bonds is 5. The van der Waals surface area contributed by atoms with Crippen molar-refractivity contribution >= 4 is 23.5 Å². The number of amides is 1. The minimum atomic E-state index is -4.41. The zero-order valence-electron chi connectivity index (χ0n) is 12.8. The number of carbonyl (C=O) groups excluding carboxylic acids is 2. The number of benzene rings is 2. The second-order valence-electron chi connectivity index (χ2n) is 5.05. The fraction of sp³-hybridized carbons (Fsp3) is 0.176. The van der Waals surface area contributed by atoms with E-state index in [1.807, 2.05) is 0 Å². The number of carbonyl (C=O) groups is 2. The molecule has 0 unspecified atom stereocenters. The van der Waals surface area contributed by atoms with E-state index in [-0.39, 0.29) is 12.1 Å². The predicted molar refractivity (Wildman–Crippen MR) is 85.0 cm³/mol. The van der Waals surface area contributed by atoms with Gasteiger partial charge in [-0.2, -0.15) is 13.2 Å². The van der Waals surface area contributed by atoms with E-state index in [2.05, 4.69) is 5.32 Å². The molecule has 0 aliphatic carbocycles. The van der Waals surface area contributed by atoms with Crippen molar-refractivity contribution < 1.29 is 27.5 Å². The monoisotopic (exact) mass is 371 g/mol. The van der Waals surface area contributed by atoms with E-state index >= 15 is 0 Å². The first-order valence-electron chi connectivity index (χ1n) is 7.11. The molecule has 0 aliphatic rings. The Morgan fingerprint density at radius 2 is 1.60 bits per heavy atom. The minimum Gasteiger partial charge on any atom is -0.452 e. The van der Waals surface area contributed by atoms with Gasteiger partial charge in [0.1, 0.15) is 0 Å². The van der Waals surface area contributed by atoms with Crippen molar-refractivity contribution in [2.24, 2.45) is 0 Å². The van der Waals surface area contributed by atoms with Crippen LogP contribution in [-0.4, -0.2) is 18.5 Å². The molecule has 132 valence electrons. The summed E-state index contributed by atoms with van der Waals surface area (Å²) < 4.78 is 42.2. The second kappa shape index (κ2) is 8.02. The Bertz CT molecular complexity index is 743. The summed E-state index contributed by atoms with van der Waals surface area (Å²) in [7, 11) is 0. The maximum absolute atomic E-state index is 12.4. The molecule has 0 spiro atoms. The van der Waals surface area contributed by atoms with Crippen LogP contribution in [-0.2, 0) is 22.3 Å². The molecule has 0 radical (unpaired) electrons. The fourth-order valence-corrected chi connectivity index (χ4v) is 1.99. The lowest BCUT2D eigenvalue weighted by Crippen LogP contribution is -2.28. The van der Waals surface area contributed by atoms with Gasteiger partial charge in [-0.15, -0.1) is 0 Å². The number of ether oxygens (including phenoxy) is 1. The Labute approximate surface area is 146 Å². The van der Waals surface area contributed by atoms with E-state index in [0.29, 0.717) is 10.6 Å². The Kier molecular flexibility index (Phi) is 6.03. The largest absolute Gasteiger partial charge is 0.452 e. The van der Waals surface area contributed by atoms with Crippen LogP contribution in [0.1, 0.15) is 21.5 Å². The molecule has 0 aromatic heterocycles. The Morgan fingerprint density at radius 3 is 2.16 bits per heavy atom. The lowest BCUT2D eigenvalue weighted by Gasteiger charge is -2.09. The van der Waals surface area contributed by atoms with Crippen LogP contribution >= 0.6 is 11.6 Å².